The molecule has 0 aliphatic heterocycles. The fourth-order valence-corrected chi connectivity index (χ4v) is 2.67. The van der Waals surface area contributed by atoms with Gasteiger partial charge in [0, 0.05) is 17.7 Å². The molecule has 2 aromatic carbocycles. The van der Waals surface area contributed by atoms with Gasteiger partial charge in [-0.1, -0.05) is 29.8 Å². The molecule has 4 N–H and O–H groups in total. The summed E-state index contributed by atoms with van der Waals surface area (Å²) in [5, 5.41) is 12.7. The first-order valence-electron chi connectivity index (χ1n) is 7.31. The van der Waals surface area contributed by atoms with E-state index >= 15 is 0 Å². The first-order chi connectivity index (χ1) is 10.6. The monoisotopic (exact) mass is 320 g/mol. The average Bonchev–Trinajstić information content (AvgIpc) is 3.33. The van der Waals surface area contributed by atoms with Gasteiger partial charge in [-0.05, 0) is 36.5 Å². The zero-order valence-electron chi connectivity index (χ0n) is 12.1. The number of nitrogens with one attached hydrogen (secondary N) is 1. The number of aliphatic hydroxyl groups is 1. The average molecular weight is 321 g/mol. The smallest absolute Gasteiger partial charge is 0.131 e. The number of hydrogen-bond donors (Lipinski definition) is 3. The fourth-order valence-electron chi connectivity index (χ4n) is 2.41. The van der Waals surface area contributed by atoms with E-state index in [1.165, 1.54) is 18.9 Å². The summed E-state index contributed by atoms with van der Waals surface area (Å²) in [4.78, 5) is 0. The minimum atomic E-state index is -0.425. The molecular weight excluding hydrogens is 303 g/mol. The maximum atomic E-state index is 14.2. The van der Waals surface area contributed by atoms with Crippen molar-refractivity contribution < 1.29 is 9.50 Å². The highest BCUT2D eigenvalue weighted by Crippen LogP contribution is 2.39. The third-order valence-electron chi connectivity index (χ3n) is 3.96. The van der Waals surface area contributed by atoms with E-state index in [9.17, 15) is 4.39 Å². The predicted molar refractivity (Wildman–Crippen MR) is 88.4 cm³/mol. The van der Waals surface area contributed by atoms with Gasteiger partial charge in [0.1, 0.15) is 5.82 Å². The number of nitrogens with two attached hydrogens (primary N) is 1. The van der Waals surface area contributed by atoms with Crippen LogP contribution in [0.5, 0.6) is 0 Å². The molecular formula is C17H18ClFN2O. The molecule has 0 unspecified atom stereocenters. The van der Waals surface area contributed by atoms with Crippen LogP contribution in [-0.4, -0.2) is 11.7 Å². The number of benzene rings is 2. The maximum absolute atomic E-state index is 14.2. The standard InChI is InChI=1S/C17H18ClFN2O/c18-16-13(12-4-3-11(9-22)7-14(12)19)5-6-15(17(16)20)21-8-10-1-2-10/h3-7,10,21-22H,1-2,8-9,20H2. The highest BCUT2D eigenvalue weighted by Gasteiger charge is 2.21. The predicted octanol–water partition coefficient (Wildman–Crippen LogP) is 4.04. The van der Waals surface area contributed by atoms with E-state index in [-0.39, 0.29) is 6.61 Å². The van der Waals surface area contributed by atoms with Gasteiger partial charge in [0.15, 0.2) is 0 Å². The number of anilines is 2. The van der Waals surface area contributed by atoms with Crippen LogP contribution in [0.2, 0.25) is 5.02 Å². The van der Waals surface area contributed by atoms with E-state index in [1.807, 2.05) is 6.07 Å². The van der Waals surface area contributed by atoms with Crippen LogP contribution in [0.1, 0.15) is 18.4 Å². The van der Waals surface area contributed by atoms with Crippen molar-refractivity contribution in [1.29, 1.82) is 0 Å². The summed E-state index contributed by atoms with van der Waals surface area (Å²) in [6.45, 7) is 0.691. The summed E-state index contributed by atoms with van der Waals surface area (Å²) in [7, 11) is 0. The molecule has 1 aliphatic carbocycles. The third-order valence-corrected chi connectivity index (χ3v) is 4.37. The van der Waals surface area contributed by atoms with Gasteiger partial charge in [-0.2, -0.15) is 0 Å². The van der Waals surface area contributed by atoms with E-state index in [0.29, 0.717) is 27.4 Å². The Morgan fingerprint density at radius 1 is 1.23 bits per heavy atom. The van der Waals surface area contributed by atoms with Crippen LogP contribution in [0.25, 0.3) is 11.1 Å². The molecule has 0 heterocycles. The first-order valence-corrected chi connectivity index (χ1v) is 7.69. The van der Waals surface area contributed by atoms with Crippen molar-refractivity contribution in [2.75, 3.05) is 17.6 Å². The summed E-state index contributed by atoms with van der Waals surface area (Å²) >= 11 is 6.33. The Morgan fingerprint density at radius 2 is 1.95 bits per heavy atom. The highest BCUT2D eigenvalue weighted by molar-refractivity contribution is 6.36. The molecule has 0 amide bonds. The van der Waals surface area contributed by atoms with E-state index in [0.717, 1.165) is 18.2 Å². The van der Waals surface area contributed by atoms with Crippen LogP contribution >= 0.6 is 11.6 Å². The Balaban J connectivity index is 1.92. The number of nitrogen functional groups attached to an aromatic ring is 1. The Kier molecular flexibility index (Phi) is 4.23. The van der Waals surface area contributed by atoms with Crippen molar-refractivity contribution in [2.24, 2.45) is 5.92 Å². The molecule has 22 heavy (non-hydrogen) atoms. The number of aliphatic hydroxyl groups excluding tert-OH is 1. The van der Waals surface area contributed by atoms with Gasteiger partial charge in [0.05, 0.1) is 23.0 Å². The van der Waals surface area contributed by atoms with Crippen molar-refractivity contribution in [3.05, 3.63) is 46.7 Å². The second kappa shape index (κ2) is 6.15. The molecule has 0 saturated heterocycles. The lowest BCUT2D eigenvalue weighted by Gasteiger charge is -2.14. The van der Waals surface area contributed by atoms with Gasteiger partial charge >= 0.3 is 0 Å². The van der Waals surface area contributed by atoms with Gasteiger partial charge in [0.25, 0.3) is 0 Å². The van der Waals surface area contributed by atoms with E-state index < -0.39 is 5.82 Å². The zero-order valence-corrected chi connectivity index (χ0v) is 12.8. The lowest BCUT2D eigenvalue weighted by molar-refractivity contribution is 0.281. The molecule has 0 spiro atoms. The number of hydrogen-bond acceptors (Lipinski definition) is 3. The summed E-state index contributed by atoms with van der Waals surface area (Å²) in [5.41, 5.74) is 8.75. The Morgan fingerprint density at radius 3 is 2.59 bits per heavy atom. The molecule has 0 atom stereocenters. The van der Waals surface area contributed by atoms with Gasteiger partial charge < -0.3 is 16.2 Å². The molecule has 3 rings (SSSR count). The van der Waals surface area contributed by atoms with E-state index in [4.69, 9.17) is 22.4 Å². The minimum absolute atomic E-state index is 0.197. The topological polar surface area (TPSA) is 58.3 Å². The summed E-state index contributed by atoms with van der Waals surface area (Å²) < 4.78 is 14.2. The molecule has 1 fully saturated rings. The summed E-state index contributed by atoms with van der Waals surface area (Å²) in [6.07, 6.45) is 2.50. The third kappa shape index (κ3) is 3.03. The summed E-state index contributed by atoms with van der Waals surface area (Å²) in [6, 6.07) is 8.19. The van der Waals surface area contributed by atoms with Gasteiger partial charge in [0.2, 0.25) is 0 Å². The highest BCUT2D eigenvalue weighted by atomic mass is 35.5. The number of halogens is 2. The van der Waals surface area contributed by atoms with Crippen LogP contribution in [0.4, 0.5) is 15.8 Å². The van der Waals surface area contributed by atoms with Crippen molar-refractivity contribution in [3.8, 4) is 11.1 Å². The van der Waals surface area contributed by atoms with Crippen LogP contribution in [0, 0.1) is 11.7 Å². The van der Waals surface area contributed by atoms with Crippen LogP contribution < -0.4 is 11.1 Å². The largest absolute Gasteiger partial charge is 0.396 e. The Labute approximate surface area is 133 Å². The van der Waals surface area contributed by atoms with Crippen molar-refractivity contribution in [2.45, 2.75) is 19.4 Å². The Hall–Kier alpha value is -1.78. The number of rotatable bonds is 5. The molecule has 2 aromatic rings. The van der Waals surface area contributed by atoms with Crippen molar-refractivity contribution >= 4 is 23.0 Å². The molecule has 0 bridgehead atoms. The normalized spacial score (nSPS) is 14.1. The molecule has 116 valence electrons. The SMILES string of the molecule is Nc1c(NCC2CC2)ccc(-c2ccc(CO)cc2F)c1Cl. The second-order valence-corrected chi connectivity index (χ2v) is 6.06. The van der Waals surface area contributed by atoms with E-state index in [1.54, 1.807) is 18.2 Å². The van der Waals surface area contributed by atoms with Crippen LogP contribution in [0.15, 0.2) is 30.3 Å². The first kappa shape index (κ1) is 15.1. The summed E-state index contributed by atoms with van der Waals surface area (Å²) in [5.74, 6) is 0.299. The molecule has 0 aromatic heterocycles. The zero-order chi connectivity index (χ0) is 15.7. The van der Waals surface area contributed by atoms with Gasteiger partial charge in [-0.3, -0.25) is 0 Å². The van der Waals surface area contributed by atoms with E-state index in [2.05, 4.69) is 5.32 Å². The maximum Gasteiger partial charge on any atom is 0.131 e. The van der Waals surface area contributed by atoms with Gasteiger partial charge in [-0.25, -0.2) is 4.39 Å². The van der Waals surface area contributed by atoms with Gasteiger partial charge in [-0.15, -0.1) is 0 Å². The molecule has 0 radical (unpaired) electrons. The molecule has 5 heteroatoms. The van der Waals surface area contributed by atoms with Crippen LogP contribution in [0.3, 0.4) is 0 Å². The fraction of sp³-hybridized carbons (Fsp3) is 0.294. The van der Waals surface area contributed by atoms with Crippen molar-refractivity contribution in [3.63, 3.8) is 0 Å². The molecule has 1 aliphatic rings. The van der Waals surface area contributed by atoms with Crippen LogP contribution in [-0.2, 0) is 6.61 Å². The Bertz CT molecular complexity index is 701. The second-order valence-electron chi connectivity index (χ2n) is 5.68. The van der Waals surface area contributed by atoms with Crippen molar-refractivity contribution in [1.82, 2.24) is 0 Å². The molecule has 3 nitrogen and oxygen atoms in total. The lowest BCUT2D eigenvalue weighted by atomic mass is 10.0. The quantitative estimate of drug-likeness (QED) is 0.729. The molecule has 1 saturated carbocycles. The minimum Gasteiger partial charge on any atom is -0.396 e. The lowest BCUT2D eigenvalue weighted by Crippen LogP contribution is -2.06.